The highest BCUT2D eigenvalue weighted by atomic mass is 16.5. The van der Waals surface area contributed by atoms with E-state index in [1.165, 1.54) is 0 Å². The van der Waals surface area contributed by atoms with E-state index < -0.39 is 0 Å². The van der Waals surface area contributed by atoms with Gasteiger partial charge < -0.3 is 19.7 Å². The van der Waals surface area contributed by atoms with Gasteiger partial charge in [-0.25, -0.2) is 0 Å². The lowest BCUT2D eigenvalue weighted by Crippen LogP contribution is -2.47. The Morgan fingerprint density at radius 1 is 1.13 bits per heavy atom. The van der Waals surface area contributed by atoms with Crippen LogP contribution in [-0.2, 0) is 9.47 Å². The fraction of sp³-hybridized carbons (Fsp3) is 0.346. The van der Waals surface area contributed by atoms with E-state index in [1.54, 1.807) is 20.3 Å². The number of carbonyl (C=O) groups is 1. The van der Waals surface area contributed by atoms with Crippen LogP contribution in [0.1, 0.15) is 30.1 Å². The first kappa shape index (κ1) is 22.6. The minimum Gasteiger partial charge on any atom is -0.495 e. The summed E-state index contributed by atoms with van der Waals surface area (Å²) in [4.78, 5) is 15.6. The first-order valence-corrected chi connectivity index (χ1v) is 10.7. The van der Waals surface area contributed by atoms with Gasteiger partial charge in [0.05, 0.1) is 20.8 Å². The van der Waals surface area contributed by atoms with Gasteiger partial charge in [-0.05, 0) is 67.4 Å². The molecule has 31 heavy (non-hydrogen) atoms. The number of piperidine rings is 1. The van der Waals surface area contributed by atoms with Crippen molar-refractivity contribution >= 4 is 16.7 Å². The number of hydrogen-bond acceptors (Lipinski definition) is 4. The molecule has 3 rings (SSSR count). The third kappa shape index (κ3) is 5.56. The lowest BCUT2D eigenvalue weighted by Gasteiger charge is -2.35. The van der Waals surface area contributed by atoms with Crippen molar-refractivity contribution < 1.29 is 14.3 Å². The fourth-order valence-electron chi connectivity index (χ4n) is 3.89. The molecule has 1 aliphatic heterocycles. The van der Waals surface area contributed by atoms with Crippen LogP contribution in [-0.4, -0.2) is 50.7 Å². The SMILES string of the molecule is C=C/C(C)=C\C(OC)=C(\CN(C(=O)c1ccc2ccccc2c1)C1CCNCC1)OC. The number of allylic oxidation sites excluding steroid dienone is 3. The van der Waals surface area contributed by atoms with Gasteiger partial charge in [-0.3, -0.25) is 4.79 Å². The Bertz CT molecular complexity index is 987. The molecule has 0 bridgehead atoms. The van der Waals surface area contributed by atoms with Crippen molar-refractivity contribution in [2.75, 3.05) is 33.9 Å². The summed E-state index contributed by atoms with van der Waals surface area (Å²) in [6, 6.07) is 14.1. The van der Waals surface area contributed by atoms with Gasteiger partial charge in [-0.15, -0.1) is 0 Å². The topological polar surface area (TPSA) is 50.8 Å². The van der Waals surface area contributed by atoms with Gasteiger partial charge in [-0.2, -0.15) is 0 Å². The number of methoxy groups -OCH3 is 2. The first-order chi connectivity index (χ1) is 15.1. The number of fused-ring (bicyclic) bond motifs is 1. The standard InChI is InChI=1S/C26H32N2O3/c1-5-19(2)16-24(30-3)25(31-4)18-28(23-12-14-27-15-13-23)26(29)22-11-10-20-8-6-7-9-21(20)17-22/h5-11,16-17,23,27H,1,12-15,18H2,2-4H3/b19-16-,25-24+. The molecule has 1 aliphatic rings. The molecule has 1 heterocycles. The van der Waals surface area contributed by atoms with E-state index in [1.807, 2.05) is 54.3 Å². The smallest absolute Gasteiger partial charge is 0.254 e. The molecule has 0 spiro atoms. The summed E-state index contributed by atoms with van der Waals surface area (Å²) in [6.07, 6.45) is 5.45. The molecule has 0 unspecified atom stereocenters. The molecule has 0 radical (unpaired) electrons. The van der Waals surface area contributed by atoms with Crippen LogP contribution in [0.3, 0.4) is 0 Å². The highest BCUT2D eigenvalue weighted by Gasteiger charge is 2.28. The molecule has 0 saturated carbocycles. The number of rotatable bonds is 8. The van der Waals surface area contributed by atoms with Crippen LogP contribution in [0.5, 0.6) is 0 Å². The molecule has 2 aromatic rings. The summed E-state index contributed by atoms with van der Waals surface area (Å²) < 4.78 is 11.3. The van der Waals surface area contributed by atoms with Crippen molar-refractivity contribution in [1.29, 1.82) is 0 Å². The third-order valence-corrected chi connectivity index (χ3v) is 5.74. The molecule has 2 aromatic carbocycles. The largest absolute Gasteiger partial charge is 0.495 e. The van der Waals surface area contributed by atoms with E-state index in [2.05, 4.69) is 18.0 Å². The number of benzene rings is 2. The van der Waals surface area contributed by atoms with Crippen molar-refractivity contribution in [3.05, 3.63) is 83.9 Å². The van der Waals surface area contributed by atoms with Gasteiger partial charge in [0.25, 0.3) is 5.91 Å². The van der Waals surface area contributed by atoms with E-state index in [-0.39, 0.29) is 11.9 Å². The van der Waals surface area contributed by atoms with E-state index in [0.717, 1.165) is 42.3 Å². The molecule has 5 heteroatoms. The van der Waals surface area contributed by atoms with Crippen LogP contribution >= 0.6 is 0 Å². The highest BCUT2D eigenvalue weighted by molar-refractivity contribution is 5.98. The van der Waals surface area contributed by atoms with E-state index in [0.29, 0.717) is 23.6 Å². The number of carbonyl (C=O) groups excluding carboxylic acids is 1. The van der Waals surface area contributed by atoms with Crippen molar-refractivity contribution in [3.63, 3.8) is 0 Å². The third-order valence-electron chi connectivity index (χ3n) is 5.74. The Morgan fingerprint density at radius 3 is 2.48 bits per heavy atom. The van der Waals surface area contributed by atoms with Gasteiger partial charge in [0.15, 0.2) is 11.5 Å². The maximum Gasteiger partial charge on any atom is 0.254 e. The Balaban J connectivity index is 1.98. The van der Waals surface area contributed by atoms with E-state index in [4.69, 9.17) is 9.47 Å². The maximum absolute atomic E-state index is 13.7. The summed E-state index contributed by atoms with van der Waals surface area (Å²) in [5.74, 6) is 1.23. The van der Waals surface area contributed by atoms with Gasteiger partial charge in [0.1, 0.15) is 0 Å². The fourth-order valence-corrected chi connectivity index (χ4v) is 3.89. The summed E-state index contributed by atoms with van der Waals surface area (Å²) in [5.41, 5.74) is 1.64. The van der Waals surface area contributed by atoms with Crippen LogP contribution in [0.4, 0.5) is 0 Å². The second-order valence-electron chi connectivity index (χ2n) is 7.76. The van der Waals surface area contributed by atoms with Crippen LogP contribution in [0.2, 0.25) is 0 Å². The second kappa shape index (κ2) is 10.8. The molecular weight excluding hydrogens is 388 g/mol. The molecular formula is C26H32N2O3. The zero-order valence-electron chi connectivity index (χ0n) is 18.7. The van der Waals surface area contributed by atoms with Gasteiger partial charge in [0, 0.05) is 11.6 Å². The molecule has 1 amide bonds. The summed E-state index contributed by atoms with van der Waals surface area (Å²) in [6.45, 7) is 7.88. The van der Waals surface area contributed by atoms with E-state index >= 15 is 0 Å². The minimum atomic E-state index is 0.00655. The Morgan fingerprint density at radius 2 is 1.84 bits per heavy atom. The maximum atomic E-state index is 13.7. The number of nitrogens with one attached hydrogen (secondary N) is 1. The number of hydrogen-bond donors (Lipinski definition) is 1. The van der Waals surface area contributed by atoms with E-state index in [9.17, 15) is 4.79 Å². The molecule has 1 N–H and O–H groups in total. The van der Waals surface area contributed by atoms with Crippen molar-refractivity contribution in [2.45, 2.75) is 25.8 Å². The summed E-state index contributed by atoms with van der Waals surface area (Å²) in [5, 5.41) is 5.56. The molecule has 1 saturated heterocycles. The summed E-state index contributed by atoms with van der Waals surface area (Å²) in [7, 11) is 3.23. The average Bonchev–Trinajstić information content (AvgIpc) is 2.83. The zero-order valence-corrected chi connectivity index (χ0v) is 18.7. The van der Waals surface area contributed by atoms with Crippen molar-refractivity contribution in [1.82, 2.24) is 10.2 Å². The lowest BCUT2D eigenvalue weighted by atomic mass is 10.0. The Hall–Kier alpha value is -3.05. The van der Waals surface area contributed by atoms with Gasteiger partial charge >= 0.3 is 0 Å². The Kier molecular flexibility index (Phi) is 7.90. The number of ether oxygens (including phenoxy) is 2. The second-order valence-corrected chi connectivity index (χ2v) is 7.76. The molecule has 0 atom stereocenters. The number of amides is 1. The minimum absolute atomic E-state index is 0.00655. The predicted molar refractivity (Wildman–Crippen MR) is 126 cm³/mol. The van der Waals surface area contributed by atoms with Crippen molar-refractivity contribution in [3.8, 4) is 0 Å². The zero-order chi connectivity index (χ0) is 22.2. The Labute approximate surface area is 185 Å². The van der Waals surface area contributed by atoms with Crippen LogP contribution in [0, 0.1) is 0 Å². The number of nitrogens with zero attached hydrogens (tertiary/aromatic N) is 1. The van der Waals surface area contributed by atoms with Gasteiger partial charge in [-0.1, -0.05) is 43.0 Å². The molecule has 0 aliphatic carbocycles. The van der Waals surface area contributed by atoms with Crippen LogP contribution < -0.4 is 5.32 Å². The molecule has 5 nitrogen and oxygen atoms in total. The van der Waals surface area contributed by atoms with Crippen LogP contribution in [0.15, 0.2) is 78.3 Å². The average molecular weight is 421 g/mol. The van der Waals surface area contributed by atoms with Crippen molar-refractivity contribution in [2.24, 2.45) is 0 Å². The highest BCUT2D eigenvalue weighted by Crippen LogP contribution is 2.23. The quantitative estimate of drug-likeness (QED) is 0.498. The van der Waals surface area contributed by atoms with Crippen LogP contribution in [0.25, 0.3) is 10.8 Å². The lowest BCUT2D eigenvalue weighted by molar-refractivity contribution is 0.0618. The monoisotopic (exact) mass is 420 g/mol. The normalized spacial score (nSPS) is 15.9. The summed E-state index contributed by atoms with van der Waals surface area (Å²) >= 11 is 0. The molecule has 164 valence electrons. The van der Waals surface area contributed by atoms with Gasteiger partial charge in [0.2, 0.25) is 0 Å². The first-order valence-electron chi connectivity index (χ1n) is 10.7. The predicted octanol–water partition coefficient (Wildman–Crippen LogP) is 4.67. The molecule has 1 fully saturated rings. The molecule has 0 aromatic heterocycles.